The number of carboxylic acids is 2. The Hall–Kier alpha value is -8.55. The van der Waals surface area contributed by atoms with Gasteiger partial charge in [-0.2, -0.15) is 8.78 Å². The molecule has 3 aliphatic rings. The number of amides is 3. The Bertz CT molecular complexity index is 3540. The number of pyridine rings is 2. The van der Waals surface area contributed by atoms with Gasteiger partial charge in [-0.15, -0.1) is 0 Å². The van der Waals surface area contributed by atoms with E-state index in [-0.39, 0.29) is 77.1 Å². The normalized spacial score (nSPS) is 14.8. The van der Waals surface area contributed by atoms with E-state index in [1.54, 1.807) is 53.7 Å². The van der Waals surface area contributed by atoms with Crippen LogP contribution >= 0.6 is 22.7 Å². The van der Waals surface area contributed by atoms with Crippen molar-refractivity contribution in [1.29, 1.82) is 0 Å². The number of benzene rings is 4. The van der Waals surface area contributed by atoms with Gasteiger partial charge in [0, 0.05) is 65.8 Å². The van der Waals surface area contributed by atoms with E-state index >= 15 is 8.78 Å². The summed E-state index contributed by atoms with van der Waals surface area (Å²) in [7, 11) is 1.54. The van der Waals surface area contributed by atoms with E-state index in [1.807, 2.05) is 97.1 Å². The number of carbonyl (C=O) groups excluding carboxylic acids is 3. The van der Waals surface area contributed by atoms with E-state index < -0.39 is 34.0 Å². The van der Waals surface area contributed by atoms with Gasteiger partial charge < -0.3 is 14.9 Å². The number of halogens is 2. The number of hydrogen-bond acceptors (Lipinski definition) is 12. The number of thiazole rings is 2. The molecule has 1 aliphatic heterocycles. The van der Waals surface area contributed by atoms with Crippen LogP contribution < -0.4 is 19.4 Å². The molecule has 4 aromatic heterocycles. The van der Waals surface area contributed by atoms with Crippen molar-refractivity contribution in [2.45, 2.75) is 82.7 Å². The third kappa shape index (κ3) is 13.4. The van der Waals surface area contributed by atoms with E-state index in [9.17, 15) is 34.2 Å². The van der Waals surface area contributed by atoms with Gasteiger partial charge >= 0.3 is 11.9 Å². The Morgan fingerprint density at radius 3 is 1.44 bits per heavy atom. The van der Waals surface area contributed by atoms with Gasteiger partial charge in [-0.25, -0.2) is 19.9 Å². The fourth-order valence-electron chi connectivity index (χ4n) is 10.0. The van der Waals surface area contributed by atoms with Crippen molar-refractivity contribution in [1.82, 2.24) is 19.9 Å². The Morgan fingerprint density at radius 2 is 1.05 bits per heavy atom. The number of piperidine rings is 1. The number of carbonyl (C=O) groups is 5. The van der Waals surface area contributed by atoms with Crippen LogP contribution in [0.1, 0.15) is 68.9 Å². The summed E-state index contributed by atoms with van der Waals surface area (Å²) in [5.74, 6) is -3.27. The molecule has 3 amide bonds. The lowest BCUT2D eigenvalue weighted by Gasteiger charge is -2.25. The Labute approximate surface area is 474 Å². The topological polar surface area (TPSA) is 196 Å². The second-order valence-electron chi connectivity index (χ2n) is 20.2. The summed E-state index contributed by atoms with van der Waals surface area (Å²) in [6, 6.07) is 40.2. The average Bonchev–Trinajstić information content (AvgIpc) is 4.61. The molecular weight excluding hydrogens is 1070 g/mol. The monoisotopic (exact) mass is 1130 g/mol. The maximum atomic E-state index is 15.7. The zero-order valence-corrected chi connectivity index (χ0v) is 45.8. The van der Waals surface area contributed by atoms with Crippen molar-refractivity contribution >= 4 is 68.4 Å². The third-order valence-corrected chi connectivity index (χ3v) is 16.0. The summed E-state index contributed by atoms with van der Waals surface area (Å²) < 4.78 is 36.3. The first-order chi connectivity index (χ1) is 39.3. The van der Waals surface area contributed by atoms with E-state index in [0.29, 0.717) is 35.8 Å². The molecule has 4 aromatic carbocycles. The van der Waals surface area contributed by atoms with Crippen LogP contribution in [-0.4, -0.2) is 85.5 Å². The highest BCUT2D eigenvalue weighted by atomic mass is 32.1. The molecule has 0 bridgehead atoms. The molecule has 11 rings (SSSR count). The van der Waals surface area contributed by atoms with Crippen LogP contribution in [0.2, 0.25) is 0 Å². The fourth-order valence-corrected chi connectivity index (χ4v) is 11.8. The lowest BCUT2D eigenvalue weighted by Crippen LogP contribution is -2.39. The fraction of sp³-hybridized carbons (Fsp3) is 0.274. The van der Waals surface area contributed by atoms with Gasteiger partial charge in [0.1, 0.15) is 17.2 Å². The van der Waals surface area contributed by atoms with Crippen molar-refractivity contribution in [3.8, 4) is 50.6 Å². The number of carboxylic acid groups (broad SMARTS) is 2. The van der Waals surface area contributed by atoms with Crippen LogP contribution in [0.4, 0.5) is 24.9 Å². The minimum atomic E-state index is -1.06. The molecule has 81 heavy (non-hydrogen) atoms. The minimum Gasteiger partial charge on any atom is -0.481 e. The number of anilines is 3. The van der Waals surface area contributed by atoms with Crippen LogP contribution in [-0.2, 0) is 36.8 Å². The van der Waals surface area contributed by atoms with Crippen molar-refractivity contribution in [2.75, 3.05) is 28.4 Å². The van der Waals surface area contributed by atoms with Gasteiger partial charge in [0.15, 0.2) is 10.3 Å². The molecule has 3 fully saturated rings. The number of ether oxygens (including phenoxy) is 1. The Kier molecular flexibility index (Phi) is 17.4. The molecule has 8 aromatic rings. The first-order valence-electron chi connectivity index (χ1n) is 26.8. The van der Waals surface area contributed by atoms with Crippen molar-refractivity contribution in [2.24, 2.45) is 11.8 Å². The summed E-state index contributed by atoms with van der Waals surface area (Å²) in [6.45, 7) is 0.642. The smallest absolute Gasteiger partial charge is 0.304 e. The first kappa shape index (κ1) is 55.8. The molecular formula is C62H57F2N7O8S2. The molecule has 414 valence electrons. The van der Waals surface area contributed by atoms with Gasteiger partial charge in [-0.1, -0.05) is 132 Å². The summed E-state index contributed by atoms with van der Waals surface area (Å²) >= 11 is 1.61. The average molecular weight is 1130 g/mol. The molecule has 5 heterocycles. The molecule has 19 heteroatoms. The highest BCUT2D eigenvalue weighted by molar-refractivity contribution is 7.15. The van der Waals surface area contributed by atoms with Crippen LogP contribution in [0.25, 0.3) is 44.8 Å². The van der Waals surface area contributed by atoms with E-state index in [1.165, 1.54) is 16.9 Å². The molecule has 1 saturated heterocycles. The maximum Gasteiger partial charge on any atom is 0.304 e. The predicted molar refractivity (Wildman–Crippen MR) is 307 cm³/mol. The lowest BCUT2D eigenvalue weighted by molar-refractivity contribution is -0.141. The number of methoxy groups -OCH3 is 1. The molecule has 0 spiro atoms. The van der Waals surface area contributed by atoms with Crippen LogP contribution in [0.15, 0.2) is 146 Å². The van der Waals surface area contributed by atoms with Crippen molar-refractivity contribution < 1.29 is 47.7 Å². The molecule has 0 radical (unpaired) electrons. The number of hydrogen-bond donors (Lipinski definition) is 2. The number of aliphatic carboxylic acids is 2. The zero-order chi connectivity index (χ0) is 56.6. The van der Waals surface area contributed by atoms with Crippen LogP contribution in [0.3, 0.4) is 0 Å². The minimum absolute atomic E-state index is 0.0631. The van der Waals surface area contributed by atoms with Crippen molar-refractivity contribution in [3.05, 3.63) is 167 Å². The van der Waals surface area contributed by atoms with Crippen LogP contribution in [0, 0.1) is 22.1 Å². The standard InChI is InChI=1S/C33H31FN4O4S.C29H26FN3O4S/c34-31-30(26-11-5-4-10-25(26)22-13-16-27(35-20-22)37-17-7-6-12-28(37)39)36-33(43-31)38(24-14-15-24)32(42)23(19-29(40)41)18-21-8-2-1-3-9-21;1-37-24-14-11-19(17-31-24)22-9-5-6-10-23(22)26-27(30)38-29(32-26)33(21-12-13-21)28(36)20(16-25(34)35)15-18-7-3-2-4-8-18/h1-5,8-11,13,16,20,23-24H,6-7,12,14-15,17-19H2,(H,40,41);2-11,14,17,20-21H,12-13,15-16H2,1H3,(H,34,35)/t23-;20-/m11/s1. The van der Waals surface area contributed by atoms with Crippen molar-refractivity contribution in [3.63, 3.8) is 0 Å². The molecule has 2 aliphatic carbocycles. The summed E-state index contributed by atoms with van der Waals surface area (Å²) in [5, 5.41) is 18.6. The number of rotatable bonds is 20. The van der Waals surface area contributed by atoms with Gasteiger partial charge in [0.05, 0.1) is 31.8 Å². The lowest BCUT2D eigenvalue weighted by atomic mass is 9.94. The van der Waals surface area contributed by atoms with Gasteiger partial charge in [0.25, 0.3) is 0 Å². The second-order valence-corrected chi connectivity index (χ2v) is 22.0. The highest BCUT2D eigenvalue weighted by Gasteiger charge is 2.42. The molecule has 0 unspecified atom stereocenters. The van der Waals surface area contributed by atoms with E-state index in [2.05, 4.69) is 19.9 Å². The molecule has 2 N–H and O–H groups in total. The van der Waals surface area contributed by atoms with E-state index in [0.717, 1.165) is 94.6 Å². The highest BCUT2D eigenvalue weighted by Crippen LogP contribution is 2.44. The SMILES string of the molecule is COc1ccc(-c2ccccc2-c2nc(N(C(=O)[C@@H](CC(=O)O)Cc3ccccc3)C3CC3)sc2F)cn1.O=C(O)C[C@@H](Cc1ccccc1)C(=O)N(c1nc(-c2ccccc2-c2ccc(N3CCCCC3=O)nc2)c(F)s1)C1CC1. The van der Waals surface area contributed by atoms with Gasteiger partial charge in [-0.3, -0.25) is 38.7 Å². The summed E-state index contributed by atoms with van der Waals surface area (Å²) in [5.41, 5.74) is 6.13. The third-order valence-electron chi connectivity index (χ3n) is 14.3. The van der Waals surface area contributed by atoms with E-state index in [4.69, 9.17) is 4.74 Å². The molecule has 15 nitrogen and oxygen atoms in total. The quantitative estimate of drug-likeness (QED) is 0.0734. The molecule has 2 saturated carbocycles. The van der Waals surface area contributed by atoms with Gasteiger partial charge in [-0.05, 0) is 91.8 Å². The largest absolute Gasteiger partial charge is 0.481 e. The summed E-state index contributed by atoms with van der Waals surface area (Å²) in [6.07, 6.45) is 8.62. The van der Waals surface area contributed by atoms with Gasteiger partial charge in [0.2, 0.25) is 33.9 Å². The molecule has 2 atom stereocenters. The predicted octanol–water partition coefficient (Wildman–Crippen LogP) is 12.2. The maximum absolute atomic E-state index is 15.7. The van der Waals surface area contributed by atoms with Crippen LogP contribution in [0.5, 0.6) is 5.88 Å². The second kappa shape index (κ2) is 25.3. The first-order valence-corrected chi connectivity index (χ1v) is 28.4. The Balaban J connectivity index is 0.000000183. The Morgan fingerprint density at radius 1 is 0.605 bits per heavy atom. The number of nitrogens with zero attached hydrogens (tertiary/aromatic N) is 7. The zero-order valence-electron chi connectivity index (χ0n) is 44.2. The number of aromatic nitrogens is 4. The summed E-state index contributed by atoms with van der Waals surface area (Å²) in [4.78, 5) is 86.1.